The number of nitrogens with one attached hydrogen (secondary N) is 1. The predicted molar refractivity (Wildman–Crippen MR) is 33.8 cm³/mol. The lowest BCUT2D eigenvalue weighted by Gasteiger charge is -2.21. The van der Waals surface area contributed by atoms with Crippen LogP contribution in [0.4, 0.5) is 8.78 Å². The van der Waals surface area contributed by atoms with Crippen LogP contribution in [0.5, 0.6) is 0 Å². The van der Waals surface area contributed by atoms with E-state index >= 15 is 0 Å². The van der Waals surface area contributed by atoms with E-state index in [0.29, 0.717) is 13.1 Å². The second kappa shape index (κ2) is 3.11. The van der Waals surface area contributed by atoms with Gasteiger partial charge in [-0.25, -0.2) is 8.78 Å². The average Bonchev–Trinajstić information content (AvgIpc) is 1.65. The van der Waals surface area contributed by atoms with Crippen LogP contribution in [0.2, 0.25) is 0 Å². The van der Waals surface area contributed by atoms with E-state index in [9.17, 15) is 8.78 Å². The lowest BCUT2D eigenvalue weighted by Crippen LogP contribution is -2.35. The van der Waals surface area contributed by atoms with E-state index in [0.717, 1.165) is 0 Å². The Morgan fingerprint density at radius 1 is 1.11 bits per heavy atom. The second-order valence-electron chi connectivity index (χ2n) is 2.11. The molecule has 1 fully saturated rings. The number of hydrogen-bond acceptors (Lipinski definition) is 1. The highest BCUT2D eigenvalue weighted by Gasteiger charge is 2.30. The van der Waals surface area contributed by atoms with Gasteiger partial charge in [0.2, 0.25) is 0 Å². The van der Waals surface area contributed by atoms with Crippen LogP contribution in [0.25, 0.3) is 0 Å². The summed E-state index contributed by atoms with van der Waals surface area (Å²) in [5, 5.41) is 2.86. The van der Waals surface area contributed by atoms with Crippen LogP contribution < -0.4 is 5.32 Å². The van der Waals surface area contributed by atoms with Gasteiger partial charge in [0.05, 0.1) is 0 Å². The fourth-order valence-corrected chi connectivity index (χ4v) is 0.793. The molecule has 0 unspecified atom stereocenters. The van der Waals surface area contributed by atoms with Gasteiger partial charge in [0.15, 0.2) is 0 Å². The van der Waals surface area contributed by atoms with E-state index < -0.39 is 5.92 Å². The molecule has 1 aliphatic heterocycles. The summed E-state index contributed by atoms with van der Waals surface area (Å²) < 4.78 is 24.3. The normalized spacial score (nSPS) is 24.7. The first-order valence-electron chi connectivity index (χ1n) is 2.79. The monoisotopic (exact) mass is 137 g/mol. The van der Waals surface area contributed by atoms with Crippen molar-refractivity contribution < 1.29 is 8.78 Å². The number of halogens is 2. The van der Waals surface area contributed by atoms with Crippen molar-refractivity contribution in [3.05, 3.63) is 0 Å². The van der Waals surface area contributed by atoms with Crippen LogP contribution in [0.15, 0.2) is 0 Å². The Kier molecular flexibility index (Phi) is 3.04. The SMILES string of the molecule is C.FC1(F)CCNCC1. The molecular weight excluding hydrogens is 124 g/mol. The predicted octanol–water partition coefficient (Wildman–Crippen LogP) is 1.64. The molecule has 1 saturated heterocycles. The Morgan fingerprint density at radius 2 is 1.56 bits per heavy atom. The van der Waals surface area contributed by atoms with Gasteiger partial charge < -0.3 is 5.32 Å². The molecule has 1 heterocycles. The molecule has 0 spiro atoms. The summed E-state index contributed by atoms with van der Waals surface area (Å²) in [7, 11) is 0. The fourth-order valence-electron chi connectivity index (χ4n) is 0.793. The molecule has 56 valence electrons. The molecular formula is C6H13F2N. The van der Waals surface area contributed by atoms with E-state index in [1.165, 1.54) is 0 Å². The van der Waals surface area contributed by atoms with Crippen LogP contribution in [0, 0.1) is 0 Å². The fraction of sp³-hybridized carbons (Fsp3) is 1.00. The average molecular weight is 137 g/mol. The molecule has 1 rings (SSSR count). The highest BCUT2D eigenvalue weighted by molar-refractivity contribution is 4.73. The van der Waals surface area contributed by atoms with Crippen molar-refractivity contribution in [1.82, 2.24) is 5.32 Å². The molecule has 0 amide bonds. The summed E-state index contributed by atoms with van der Waals surface area (Å²) in [4.78, 5) is 0. The van der Waals surface area contributed by atoms with Gasteiger partial charge in [0.25, 0.3) is 5.92 Å². The first kappa shape index (κ1) is 8.82. The Morgan fingerprint density at radius 3 is 1.78 bits per heavy atom. The minimum Gasteiger partial charge on any atom is -0.316 e. The van der Waals surface area contributed by atoms with Crippen molar-refractivity contribution in [3.8, 4) is 0 Å². The maximum Gasteiger partial charge on any atom is 0.250 e. The maximum atomic E-state index is 12.2. The minimum atomic E-state index is -2.38. The zero-order valence-corrected chi connectivity index (χ0v) is 4.58. The summed E-state index contributed by atoms with van der Waals surface area (Å²) in [5.74, 6) is -2.38. The van der Waals surface area contributed by atoms with Crippen molar-refractivity contribution >= 4 is 0 Å². The van der Waals surface area contributed by atoms with Gasteiger partial charge in [-0.05, 0) is 0 Å². The van der Waals surface area contributed by atoms with E-state index in [-0.39, 0.29) is 20.3 Å². The van der Waals surface area contributed by atoms with E-state index in [1.54, 1.807) is 0 Å². The van der Waals surface area contributed by atoms with Gasteiger partial charge in [-0.2, -0.15) is 0 Å². The summed E-state index contributed by atoms with van der Waals surface area (Å²) in [5.41, 5.74) is 0. The molecule has 0 radical (unpaired) electrons. The van der Waals surface area contributed by atoms with Crippen molar-refractivity contribution in [2.24, 2.45) is 0 Å². The quantitative estimate of drug-likeness (QED) is 0.535. The number of alkyl halides is 2. The van der Waals surface area contributed by atoms with Gasteiger partial charge in [-0.15, -0.1) is 0 Å². The second-order valence-corrected chi connectivity index (χ2v) is 2.11. The zero-order valence-electron chi connectivity index (χ0n) is 4.58. The molecule has 0 saturated carbocycles. The van der Waals surface area contributed by atoms with Crippen LogP contribution in [-0.4, -0.2) is 19.0 Å². The van der Waals surface area contributed by atoms with Crippen LogP contribution in [0.1, 0.15) is 20.3 Å². The largest absolute Gasteiger partial charge is 0.316 e. The molecule has 0 aromatic carbocycles. The standard InChI is InChI=1S/C5H9F2N.CH4/c6-5(7)1-3-8-4-2-5;/h8H,1-4H2;1H4. The van der Waals surface area contributed by atoms with Gasteiger partial charge >= 0.3 is 0 Å². The first-order valence-corrected chi connectivity index (χ1v) is 2.79. The Balaban J connectivity index is 0.000000640. The summed E-state index contributed by atoms with van der Waals surface area (Å²) in [6, 6.07) is 0. The van der Waals surface area contributed by atoms with E-state index in [2.05, 4.69) is 5.32 Å². The third-order valence-electron chi connectivity index (χ3n) is 1.34. The van der Waals surface area contributed by atoms with Crippen molar-refractivity contribution in [2.45, 2.75) is 26.2 Å². The number of hydrogen-bond donors (Lipinski definition) is 1. The van der Waals surface area contributed by atoms with Gasteiger partial charge in [0.1, 0.15) is 0 Å². The highest BCUT2D eigenvalue weighted by atomic mass is 19.3. The highest BCUT2D eigenvalue weighted by Crippen LogP contribution is 2.23. The minimum absolute atomic E-state index is 0. The molecule has 0 aromatic rings. The summed E-state index contributed by atoms with van der Waals surface area (Å²) in [6.07, 6.45) is 0.0139. The lowest BCUT2D eigenvalue weighted by molar-refractivity contribution is -0.0274. The maximum absolute atomic E-state index is 12.2. The van der Waals surface area contributed by atoms with Crippen LogP contribution in [0.3, 0.4) is 0 Å². The molecule has 0 atom stereocenters. The third kappa shape index (κ3) is 2.75. The Labute approximate surface area is 54.4 Å². The van der Waals surface area contributed by atoms with Crippen LogP contribution >= 0.6 is 0 Å². The summed E-state index contributed by atoms with van der Waals surface area (Å²) >= 11 is 0. The molecule has 0 bridgehead atoms. The molecule has 1 N–H and O–H groups in total. The van der Waals surface area contributed by atoms with Crippen molar-refractivity contribution in [1.29, 1.82) is 0 Å². The van der Waals surface area contributed by atoms with Gasteiger partial charge in [-0.3, -0.25) is 0 Å². The molecule has 0 aromatic heterocycles. The topological polar surface area (TPSA) is 12.0 Å². The molecule has 9 heavy (non-hydrogen) atoms. The Hall–Kier alpha value is -0.180. The third-order valence-corrected chi connectivity index (χ3v) is 1.34. The first-order chi connectivity index (χ1) is 3.71. The molecule has 0 aliphatic carbocycles. The van der Waals surface area contributed by atoms with Crippen molar-refractivity contribution in [2.75, 3.05) is 13.1 Å². The smallest absolute Gasteiger partial charge is 0.250 e. The summed E-state index contributed by atoms with van der Waals surface area (Å²) in [6.45, 7) is 0.931. The Bertz CT molecular complexity index is 75.1. The van der Waals surface area contributed by atoms with Gasteiger partial charge in [-0.1, -0.05) is 7.43 Å². The molecule has 1 aliphatic rings. The van der Waals surface area contributed by atoms with Crippen molar-refractivity contribution in [3.63, 3.8) is 0 Å². The van der Waals surface area contributed by atoms with Gasteiger partial charge in [0, 0.05) is 25.9 Å². The van der Waals surface area contributed by atoms with Crippen LogP contribution in [-0.2, 0) is 0 Å². The number of rotatable bonds is 0. The van der Waals surface area contributed by atoms with E-state index in [1.807, 2.05) is 0 Å². The molecule has 3 heteroatoms. The zero-order chi connectivity index (χ0) is 6.04. The lowest BCUT2D eigenvalue weighted by atomic mass is 10.1. The number of piperidine rings is 1. The molecule has 1 nitrogen and oxygen atoms in total. The van der Waals surface area contributed by atoms with E-state index in [4.69, 9.17) is 0 Å².